The highest BCUT2D eigenvalue weighted by molar-refractivity contribution is 7.92. The van der Waals surface area contributed by atoms with E-state index in [2.05, 4.69) is 20.1 Å². The number of anilines is 1. The van der Waals surface area contributed by atoms with E-state index in [0.717, 1.165) is 23.7 Å². The summed E-state index contributed by atoms with van der Waals surface area (Å²) in [5.74, 6) is -1.34. The molecule has 2 aromatic heterocycles. The number of nitrogens with zero attached hydrogens (tertiary/aromatic N) is 5. The smallest absolute Gasteiger partial charge is 0.352 e. The molecule has 0 amide bonds. The Bertz CT molecular complexity index is 803. The first-order valence-corrected chi connectivity index (χ1v) is 7.57. The van der Waals surface area contributed by atoms with Crippen LogP contribution in [-0.2, 0) is 17.1 Å². The first kappa shape index (κ1) is 13.5. The number of hydrogen-bond donors (Lipinski definition) is 2. The van der Waals surface area contributed by atoms with E-state index in [1.807, 2.05) is 0 Å². The van der Waals surface area contributed by atoms with E-state index in [9.17, 15) is 13.2 Å². The lowest BCUT2D eigenvalue weighted by Gasteiger charge is -2.02. The molecule has 2 aromatic rings. The van der Waals surface area contributed by atoms with Gasteiger partial charge in [-0.1, -0.05) is 5.10 Å². The molecule has 1 aliphatic carbocycles. The van der Waals surface area contributed by atoms with Crippen molar-refractivity contribution in [2.45, 2.75) is 23.8 Å². The summed E-state index contributed by atoms with van der Waals surface area (Å²) in [6, 6.07) is 1.18. The highest BCUT2D eigenvalue weighted by atomic mass is 32.2. The topological polar surface area (TPSA) is 132 Å². The predicted octanol–water partition coefficient (Wildman–Crippen LogP) is -0.155. The standard InChI is InChI=1S/C10H12N6O4S/c1-15-12-10(11-14-15)13-21(19,20)7-4-8(9(17)18)16(5-7)6-2-3-6/h4-6H,2-3H2,1H3,(H,12,13)(H,17,18). The van der Waals surface area contributed by atoms with Gasteiger partial charge in [0.25, 0.3) is 16.0 Å². The molecule has 3 rings (SSSR count). The van der Waals surface area contributed by atoms with Gasteiger partial charge >= 0.3 is 5.97 Å². The Hall–Kier alpha value is -2.43. The number of nitrogens with one attached hydrogen (secondary N) is 1. The van der Waals surface area contributed by atoms with Crippen LogP contribution in [0.4, 0.5) is 5.95 Å². The van der Waals surface area contributed by atoms with Crippen LogP contribution in [0.15, 0.2) is 17.2 Å². The van der Waals surface area contributed by atoms with E-state index in [4.69, 9.17) is 5.11 Å². The van der Waals surface area contributed by atoms with Gasteiger partial charge in [-0.15, -0.1) is 5.10 Å². The van der Waals surface area contributed by atoms with Gasteiger partial charge in [0.05, 0.1) is 7.05 Å². The van der Waals surface area contributed by atoms with Crippen molar-refractivity contribution >= 4 is 21.9 Å². The SMILES string of the molecule is Cn1nnc(NS(=O)(=O)c2cc(C(=O)O)n(C3CC3)c2)n1. The second kappa shape index (κ2) is 4.55. The number of carboxylic acids is 1. The zero-order valence-electron chi connectivity index (χ0n) is 11.0. The Morgan fingerprint density at radius 1 is 1.48 bits per heavy atom. The van der Waals surface area contributed by atoms with Gasteiger partial charge in [-0.25, -0.2) is 17.9 Å². The molecule has 0 aliphatic heterocycles. The quantitative estimate of drug-likeness (QED) is 0.784. The van der Waals surface area contributed by atoms with Crippen LogP contribution in [0.5, 0.6) is 0 Å². The molecule has 11 heteroatoms. The van der Waals surface area contributed by atoms with Gasteiger partial charge in [-0.3, -0.25) is 0 Å². The molecule has 21 heavy (non-hydrogen) atoms. The molecule has 0 radical (unpaired) electrons. The Balaban J connectivity index is 1.95. The molecule has 10 nitrogen and oxygen atoms in total. The number of hydrogen-bond acceptors (Lipinski definition) is 6. The average molecular weight is 312 g/mol. The van der Waals surface area contributed by atoms with Crippen LogP contribution in [0.3, 0.4) is 0 Å². The van der Waals surface area contributed by atoms with Gasteiger partial charge in [0, 0.05) is 12.2 Å². The first-order chi connectivity index (χ1) is 9.87. The Labute approximate surface area is 119 Å². The molecule has 1 aliphatic rings. The van der Waals surface area contributed by atoms with Gasteiger partial charge in [0.2, 0.25) is 0 Å². The van der Waals surface area contributed by atoms with Crippen molar-refractivity contribution in [1.29, 1.82) is 0 Å². The second-order valence-corrected chi connectivity index (χ2v) is 6.40. The summed E-state index contributed by atoms with van der Waals surface area (Å²) in [7, 11) is -2.46. The molecule has 0 unspecified atom stereocenters. The lowest BCUT2D eigenvalue weighted by atomic mass is 10.4. The minimum atomic E-state index is -3.95. The first-order valence-electron chi connectivity index (χ1n) is 6.09. The van der Waals surface area contributed by atoms with Crippen molar-refractivity contribution in [1.82, 2.24) is 24.8 Å². The lowest BCUT2D eigenvalue weighted by Crippen LogP contribution is -2.13. The number of aryl methyl sites for hydroxylation is 1. The number of carboxylic acid groups (broad SMARTS) is 1. The van der Waals surface area contributed by atoms with Crippen LogP contribution in [0.25, 0.3) is 0 Å². The van der Waals surface area contributed by atoms with Crippen LogP contribution in [0.1, 0.15) is 29.4 Å². The summed E-state index contributed by atoms with van der Waals surface area (Å²) in [5, 5.41) is 19.9. The summed E-state index contributed by atoms with van der Waals surface area (Å²) in [5.41, 5.74) is -0.0509. The van der Waals surface area contributed by atoms with Gasteiger partial charge in [-0.2, -0.15) is 4.80 Å². The summed E-state index contributed by atoms with van der Waals surface area (Å²) < 4.78 is 28.0. The van der Waals surface area contributed by atoms with Crippen molar-refractivity contribution in [3.8, 4) is 0 Å². The fraction of sp³-hybridized carbons (Fsp3) is 0.400. The van der Waals surface area contributed by atoms with Crippen molar-refractivity contribution in [2.24, 2.45) is 7.05 Å². The maximum atomic E-state index is 12.2. The maximum absolute atomic E-state index is 12.2. The Morgan fingerprint density at radius 2 is 2.19 bits per heavy atom. The van der Waals surface area contributed by atoms with Crippen LogP contribution in [-0.4, -0.2) is 44.3 Å². The third-order valence-electron chi connectivity index (χ3n) is 3.03. The maximum Gasteiger partial charge on any atom is 0.352 e. The van der Waals surface area contributed by atoms with E-state index in [0.29, 0.717) is 0 Å². The number of aromatic carboxylic acids is 1. The summed E-state index contributed by atoms with van der Waals surface area (Å²) in [6.07, 6.45) is 3.00. The molecule has 1 saturated carbocycles. The van der Waals surface area contributed by atoms with Gasteiger partial charge in [0.1, 0.15) is 10.6 Å². The fourth-order valence-electron chi connectivity index (χ4n) is 1.93. The summed E-state index contributed by atoms with van der Waals surface area (Å²) in [6.45, 7) is 0. The number of tetrazole rings is 1. The highest BCUT2D eigenvalue weighted by Gasteiger charge is 2.30. The number of rotatable bonds is 5. The van der Waals surface area contributed by atoms with Crippen molar-refractivity contribution in [3.05, 3.63) is 18.0 Å². The van der Waals surface area contributed by atoms with E-state index >= 15 is 0 Å². The zero-order valence-corrected chi connectivity index (χ0v) is 11.8. The van der Waals surface area contributed by atoms with Crippen LogP contribution >= 0.6 is 0 Å². The highest BCUT2D eigenvalue weighted by Crippen LogP contribution is 2.37. The van der Waals surface area contributed by atoms with Crippen LogP contribution < -0.4 is 4.72 Å². The summed E-state index contributed by atoms with van der Waals surface area (Å²) >= 11 is 0. The molecular formula is C10H12N6O4S. The monoisotopic (exact) mass is 312 g/mol. The van der Waals surface area contributed by atoms with Crippen molar-refractivity contribution in [2.75, 3.05) is 4.72 Å². The summed E-state index contributed by atoms with van der Waals surface area (Å²) in [4.78, 5) is 12.1. The van der Waals surface area contributed by atoms with Crippen molar-refractivity contribution in [3.63, 3.8) is 0 Å². The minimum Gasteiger partial charge on any atom is -0.477 e. The van der Waals surface area contributed by atoms with Gasteiger partial charge in [0.15, 0.2) is 0 Å². The normalized spacial score (nSPS) is 15.1. The van der Waals surface area contributed by atoms with Crippen LogP contribution in [0, 0.1) is 0 Å². The van der Waals surface area contributed by atoms with E-state index in [1.54, 1.807) is 0 Å². The zero-order chi connectivity index (χ0) is 15.2. The molecule has 0 bridgehead atoms. The third kappa shape index (κ3) is 2.59. The van der Waals surface area contributed by atoms with E-state index in [1.165, 1.54) is 17.8 Å². The number of sulfonamides is 1. The molecule has 0 spiro atoms. The van der Waals surface area contributed by atoms with E-state index < -0.39 is 16.0 Å². The molecule has 1 fully saturated rings. The fourth-order valence-corrected chi connectivity index (χ4v) is 2.89. The Kier molecular flexibility index (Phi) is 2.93. The van der Waals surface area contributed by atoms with Gasteiger partial charge in [-0.05, 0) is 24.1 Å². The molecule has 2 N–H and O–H groups in total. The molecular weight excluding hydrogens is 300 g/mol. The van der Waals surface area contributed by atoms with E-state index in [-0.39, 0.29) is 22.6 Å². The largest absolute Gasteiger partial charge is 0.477 e. The third-order valence-corrected chi connectivity index (χ3v) is 4.32. The van der Waals surface area contributed by atoms with Gasteiger partial charge < -0.3 is 9.67 Å². The predicted molar refractivity (Wildman–Crippen MR) is 69.3 cm³/mol. The van der Waals surface area contributed by atoms with Crippen LogP contribution in [0.2, 0.25) is 0 Å². The molecule has 0 atom stereocenters. The average Bonchev–Trinajstić information content (AvgIpc) is 2.99. The number of carbonyl (C=O) groups is 1. The Morgan fingerprint density at radius 3 is 2.71 bits per heavy atom. The van der Waals surface area contributed by atoms with Crippen molar-refractivity contribution < 1.29 is 18.3 Å². The molecule has 0 saturated heterocycles. The molecule has 0 aromatic carbocycles. The molecule has 112 valence electrons. The lowest BCUT2D eigenvalue weighted by molar-refractivity contribution is 0.0685. The molecule has 2 heterocycles. The number of aromatic nitrogens is 5. The second-order valence-electron chi connectivity index (χ2n) is 4.71. The minimum absolute atomic E-state index is 0.0506.